The molecular formula is C23H19FN4O4S. The predicted molar refractivity (Wildman–Crippen MR) is 119 cm³/mol. The van der Waals surface area contributed by atoms with Crippen LogP contribution in [-0.2, 0) is 11.2 Å². The number of hydrogen-bond acceptors (Lipinski definition) is 7. The topological polar surface area (TPSA) is 88.2 Å². The van der Waals surface area contributed by atoms with Gasteiger partial charge in [0.2, 0.25) is 10.1 Å². The van der Waals surface area contributed by atoms with Gasteiger partial charge < -0.3 is 9.47 Å². The van der Waals surface area contributed by atoms with Crippen molar-refractivity contribution < 1.29 is 18.7 Å². The molecule has 1 atom stereocenters. The Balaban J connectivity index is 1.44. The predicted octanol–water partition coefficient (Wildman–Crippen LogP) is 4.05. The number of fused-ring (bicyclic) bond motifs is 1. The molecule has 10 heteroatoms. The normalized spacial score (nSPS) is 14.8. The molecule has 8 nitrogen and oxygen atoms in total. The lowest BCUT2D eigenvalue weighted by atomic mass is 10.1. The summed E-state index contributed by atoms with van der Waals surface area (Å²) in [6.07, 6.45) is 1.46. The number of aromatic nitrogens is 4. The molecule has 0 amide bonds. The van der Waals surface area contributed by atoms with Crippen LogP contribution < -0.4 is 10.4 Å². The molecule has 0 saturated carbocycles. The molecule has 4 aromatic rings. The first-order chi connectivity index (χ1) is 16.0. The molecule has 2 aromatic carbocycles. The zero-order chi connectivity index (χ0) is 23.1. The summed E-state index contributed by atoms with van der Waals surface area (Å²) in [5.74, 6) is -0.636. The number of hydrogen-bond donors (Lipinski definition) is 0. The molecule has 0 spiro atoms. The Bertz CT molecular complexity index is 1410. The van der Waals surface area contributed by atoms with E-state index >= 15 is 0 Å². The number of benzene rings is 2. The van der Waals surface area contributed by atoms with Gasteiger partial charge in [0.05, 0.1) is 24.5 Å². The SMILES string of the molecule is COC(=O)c1nc(C)c(Oc2ccc(-n3nc4n(c3=O)[C@H](c3ccccc3)CC4)cc2F)s1. The summed E-state index contributed by atoms with van der Waals surface area (Å²) in [6, 6.07) is 13.9. The molecule has 5 rings (SSSR count). The summed E-state index contributed by atoms with van der Waals surface area (Å²) < 4.78 is 28.1. The Morgan fingerprint density at radius 3 is 2.73 bits per heavy atom. The van der Waals surface area contributed by atoms with Crippen LogP contribution >= 0.6 is 11.3 Å². The van der Waals surface area contributed by atoms with Crippen LogP contribution in [0.25, 0.3) is 5.69 Å². The molecule has 0 saturated heterocycles. The van der Waals surface area contributed by atoms with Gasteiger partial charge in [-0.1, -0.05) is 41.7 Å². The molecule has 33 heavy (non-hydrogen) atoms. The van der Waals surface area contributed by atoms with Gasteiger partial charge in [-0.25, -0.2) is 19.0 Å². The Morgan fingerprint density at radius 2 is 2.00 bits per heavy atom. The summed E-state index contributed by atoms with van der Waals surface area (Å²) in [5, 5.41) is 4.84. The largest absolute Gasteiger partial charge is 0.464 e. The number of carbonyl (C=O) groups is 1. The molecule has 1 aliphatic heterocycles. The number of carbonyl (C=O) groups excluding carboxylic acids is 1. The molecule has 0 bridgehead atoms. The zero-order valence-corrected chi connectivity index (χ0v) is 18.6. The van der Waals surface area contributed by atoms with E-state index in [0.29, 0.717) is 23.6 Å². The third-order valence-corrected chi connectivity index (χ3v) is 6.51. The third kappa shape index (κ3) is 3.72. The van der Waals surface area contributed by atoms with Crippen molar-refractivity contribution in [2.45, 2.75) is 25.8 Å². The Kier molecular flexibility index (Phi) is 5.29. The molecule has 3 heterocycles. The highest BCUT2D eigenvalue weighted by molar-refractivity contribution is 7.15. The fraction of sp³-hybridized carbons (Fsp3) is 0.217. The van der Waals surface area contributed by atoms with Crippen LogP contribution in [0, 0.1) is 12.7 Å². The number of methoxy groups -OCH3 is 1. The second-order valence-electron chi connectivity index (χ2n) is 7.55. The highest BCUT2D eigenvalue weighted by Crippen LogP contribution is 2.34. The Labute approximate surface area is 191 Å². The van der Waals surface area contributed by atoms with E-state index in [1.54, 1.807) is 17.6 Å². The molecule has 0 fully saturated rings. The van der Waals surface area contributed by atoms with Gasteiger partial charge in [-0.15, -0.1) is 5.10 Å². The number of aryl methyl sites for hydroxylation is 2. The molecular weight excluding hydrogens is 447 g/mol. The van der Waals surface area contributed by atoms with E-state index in [1.165, 1.54) is 23.9 Å². The van der Waals surface area contributed by atoms with Crippen molar-refractivity contribution in [3.63, 3.8) is 0 Å². The maximum absolute atomic E-state index is 14.9. The van der Waals surface area contributed by atoms with Crippen molar-refractivity contribution in [3.8, 4) is 16.5 Å². The van der Waals surface area contributed by atoms with E-state index in [2.05, 4.69) is 14.8 Å². The zero-order valence-electron chi connectivity index (χ0n) is 17.8. The fourth-order valence-electron chi connectivity index (χ4n) is 3.91. The number of nitrogens with zero attached hydrogens (tertiary/aromatic N) is 4. The van der Waals surface area contributed by atoms with Gasteiger partial charge >= 0.3 is 11.7 Å². The van der Waals surface area contributed by atoms with E-state index < -0.39 is 11.8 Å². The first-order valence-corrected chi connectivity index (χ1v) is 11.1. The van der Waals surface area contributed by atoms with Crippen LogP contribution in [0.15, 0.2) is 53.3 Å². The molecule has 168 valence electrons. The number of thiazole rings is 1. The van der Waals surface area contributed by atoms with Crippen molar-refractivity contribution >= 4 is 17.3 Å². The molecule has 0 unspecified atom stereocenters. The van der Waals surface area contributed by atoms with Crippen LogP contribution in [0.4, 0.5) is 4.39 Å². The highest BCUT2D eigenvalue weighted by Gasteiger charge is 2.29. The maximum atomic E-state index is 14.9. The highest BCUT2D eigenvalue weighted by atomic mass is 32.1. The average molecular weight is 466 g/mol. The van der Waals surface area contributed by atoms with Gasteiger partial charge in [0.25, 0.3) is 0 Å². The molecule has 0 aliphatic carbocycles. The molecule has 2 aromatic heterocycles. The number of ether oxygens (including phenoxy) is 2. The molecule has 0 N–H and O–H groups in total. The summed E-state index contributed by atoms with van der Waals surface area (Å²) in [6.45, 7) is 1.65. The summed E-state index contributed by atoms with van der Waals surface area (Å²) in [4.78, 5) is 28.9. The van der Waals surface area contributed by atoms with Gasteiger partial charge in [0, 0.05) is 12.5 Å². The van der Waals surface area contributed by atoms with Crippen molar-refractivity contribution in [3.05, 3.63) is 86.9 Å². The van der Waals surface area contributed by atoms with E-state index in [1.807, 2.05) is 30.3 Å². The number of halogens is 1. The van der Waals surface area contributed by atoms with Crippen LogP contribution in [0.1, 0.15) is 39.3 Å². The lowest BCUT2D eigenvalue weighted by Crippen LogP contribution is -2.26. The van der Waals surface area contributed by atoms with Gasteiger partial charge in [0.1, 0.15) is 5.82 Å². The van der Waals surface area contributed by atoms with Crippen molar-refractivity contribution in [1.29, 1.82) is 0 Å². The van der Waals surface area contributed by atoms with Crippen LogP contribution in [0.2, 0.25) is 0 Å². The average Bonchev–Trinajstić information content (AvgIpc) is 3.50. The minimum Gasteiger partial charge on any atom is -0.464 e. The first-order valence-electron chi connectivity index (χ1n) is 10.2. The maximum Gasteiger partial charge on any atom is 0.367 e. The second-order valence-corrected chi connectivity index (χ2v) is 8.51. The van der Waals surface area contributed by atoms with Crippen molar-refractivity contribution in [1.82, 2.24) is 19.3 Å². The Hall–Kier alpha value is -3.79. The van der Waals surface area contributed by atoms with Crippen molar-refractivity contribution in [2.24, 2.45) is 0 Å². The smallest absolute Gasteiger partial charge is 0.367 e. The van der Waals surface area contributed by atoms with E-state index in [0.717, 1.165) is 23.3 Å². The summed E-state index contributed by atoms with van der Waals surface area (Å²) >= 11 is 0.967. The lowest BCUT2D eigenvalue weighted by Gasteiger charge is -2.12. The summed E-state index contributed by atoms with van der Waals surface area (Å²) in [5.41, 5.74) is 1.47. The van der Waals surface area contributed by atoms with Crippen LogP contribution in [-0.4, -0.2) is 32.4 Å². The summed E-state index contributed by atoms with van der Waals surface area (Å²) in [7, 11) is 1.26. The monoisotopic (exact) mass is 466 g/mol. The lowest BCUT2D eigenvalue weighted by molar-refractivity contribution is 0.0600. The third-order valence-electron chi connectivity index (χ3n) is 5.49. The minimum absolute atomic E-state index is 0.0520. The van der Waals surface area contributed by atoms with Gasteiger partial charge in [0.15, 0.2) is 11.6 Å². The van der Waals surface area contributed by atoms with E-state index in [-0.39, 0.29) is 27.6 Å². The van der Waals surface area contributed by atoms with E-state index in [4.69, 9.17) is 4.74 Å². The second kappa shape index (κ2) is 8.28. The van der Waals surface area contributed by atoms with Gasteiger partial charge in [-0.05, 0) is 31.0 Å². The van der Waals surface area contributed by atoms with Crippen LogP contribution in [0.3, 0.4) is 0 Å². The first kappa shape index (κ1) is 21.1. The fourth-order valence-corrected chi connectivity index (χ4v) is 4.76. The van der Waals surface area contributed by atoms with Crippen LogP contribution in [0.5, 0.6) is 10.8 Å². The van der Waals surface area contributed by atoms with Crippen molar-refractivity contribution in [2.75, 3.05) is 7.11 Å². The quantitative estimate of drug-likeness (QED) is 0.413. The van der Waals surface area contributed by atoms with E-state index in [9.17, 15) is 14.0 Å². The van der Waals surface area contributed by atoms with Gasteiger partial charge in [-0.3, -0.25) is 4.57 Å². The minimum atomic E-state index is -0.667. The standard InChI is InChI=1S/C23H19FN4O4S/c1-13-22(33-20(25-13)21(29)31-2)32-18-10-8-15(12-16(18)24)28-23(30)27-17(9-11-19(27)26-28)14-6-4-3-5-7-14/h3-8,10,12,17H,9,11H2,1-2H3/t17-/m0/s1. The molecule has 0 radical (unpaired) electrons. The van der Waals surface area contributed by atoms with Gasteiger partial charge in [-0.2, -0.15) is 4.68 Å². The molecule has 1 aliphatic rings. The number of rotatable bonds is 5. The number of esters is 1. The Morgan fingerprint density at radius 1 is 1.21 bits per heavy atom.